The second-order valence-electron chi connectivity index (χ2n) is 4.22. The van der Waals surface area contributed by atoms with Gasteiger partial charge < -0.3 is 15.0 Å². The van der Waals surface area contributed by atoms with E-state index in [-0.39, 0.29) is 18.3 Å². The number of rotatable bonds is 3. The molecule has 1 amide bonds. The van der Waals surface area contributed by atoms with Crippen molar-refractivity contribution in [3.05, 3.63) is 16.3 Å². The Hall–Kier alpha value is -0.780. The summed E-state index contributed by atoms with van der Waals surface area (Å²) in [6, 6.07) is 2.18. The summed E-state index contributed by atoms with van der Waals surface area (Å²) in [5.41, 5.74) is 0. The Morgan fingerprint density at radius 2 is 2.17 bits per heavy atom. The van der Waals surface area contributed by atoms with Crippen LogP contribution in [0.4, 0.5) is 0 Å². The van der Waals surface area contributed by atoms with Crippen molar-refractivity contribution >= 4 is 29.7 Å². The summed E-state index contributed by atoms with van der Waals surface area (Å²) < 4.78 is 5.19. The maximum Gasteiger partial charge on any atom is 0.267 e. The van der Waals surface area contributed by atoms with Crippen molar-refractivity contribution in [3.8, 4) is 5.75 Å². The number of halogens is 1. The van der Waals surface area contributed by atoms with Crippen molar-refractivity contribution in [1.82, 2.24) is 10.2 Å². The fourth-order valence-electron chi connectivity index (χ4n) is 2.13. The van der Waals surface area contributed by atoms with Crippen molar-refractivity contribution in [2.24, 2.45) is 0 Å². The van der Waals surface area contributed by atoms with E-state index in [1.807, 2.05) is 23.4 Å². The third-order valence-electron chi connectivity index (χ3n) is 3.22. The first-order chi connectivity index (χ1) is 8.24. The van der Waals surface area contributed by atoms with Gasteiger partial charge in [-0.1, -0.05) is 0 Å². The number of thiophene rings is 1. The highest BCUT2D eigenvalue weighted by molar-refractivity contribution is 7.12. The fraction of sp³-hybridized carbons (Fsp3) is 0.583. The van der Waals surface area contributed by atoms with Crippen LogP contribution in [-0.2, 0) is 0 Å². The molecule has 4 nitrogen and oxygen atoms in total. The van der Waals surface area contributed by atoms with E-state index >= 15 is 0 Å². The maximum atomic E-state index is 12.3. The van der Waals surface area contributed by atoms with E-state index in [0.29, 0.717) is 16.7 Å². The minimum Gasteiger partial charge on any atom is -0.495 e. The van der Waals surface area contributed by atoms with Crippen LogP contribution in [0.5, 0.6) is 5.75 Å². The Labute approximate surface area is 118 Å². The molecule has 0 aliphatic carbocycles. The van der Waals surface area contributed by atoms with E-state index in [0.717, 1.165) is 25.9 Å². The topological polar surface area (TPSA) is 41.6 Å². The molecule has 1 N–H and O–H groups in total. The van der Waals surface area contributed by atoms with Gasteiger partial charge in [-0.15, -0.1) is 23.7 Å². The molecule has 0 spiro atoms. The molecular weight excluding hydrogens is 272 g/mol. The van der Waals surface area contributed by atoms with E-state index in [2.05, 4.69) is 5.32 Å². The Morgan fingerprint density at radius 3 is 2.78 bits per heavy atom. The molecule has 1 aliphatic heterocycles. The quantitative estimate of drug-likeness (QED) is 0.926. The van der Waals surface area contributed by atoms with Gasteiger partial charge in [-0.3, -0.25) is 4.79 Å². The van der Waals surface area contributed by atoms with Gasteiger partial charge in [0.1, 0.15) is 10.6 Å². The van der Waals surface area contributed by atoms with Gasteiger partial charge in [0.25, 0.3) is 5.91 Å². The molecule has 1 aromatic heterocycles. The summed E-state index contributed by atoms with van der Waals surface area (Å²) in [4.78, 5) is 14.9. The standard InChI is InChI=1S/C12H18N2O2S.ClH/c1-14(9-3-6-13-7-4-9)12(15)11-10(16-2)5-8-17-11;/h5,8-9,13H,3-4,6-7H2,1-2H3;1H. The van der Waals surface area contributed by atoms with Crippen LogP contribution in [0, 0.1) is 0 Å². The Balaban J connectivity index is 0.00000162. The number of carbonyl (C=O) groups excluding carboxylic acids is 1. The molecule has 0 unspecified atom stereocenters. The van der Waals surface area contributed by atoms with Crippen LogP contribution >= 0.6 is 23.7 Å². The number of piperidine rings is 1. The highest BCUT2D eigenvalue weighted by Gasteiger charge is 2.25. The van der Waals surface area contributed by atoms with E-state index in [9.17, 15) is 4.79 Å². The van der Waals surface area contributed by atoms with Crippen molar-refractivity contribution < 1.29 is 9.53 Å². The molecule has 102 valence electrons. The molecular formula is C12H19ClN2O2S. The van der Waals surface area contributed by atoms with E-state index in [4.69, 9.17) is 4.74 Å². The van der Waals surface area contributed by atoms with Gasteiger partial charge in [-0.2, -0.15) is 0 Å². The highest BCUT2D eigenvalue weighted by atomic mass is 35.5. The molecule has 0 aromatic carbocycles. The predicted molar refractivity (Wildman–Crippen MR) is 76.1 cm³/mol. The number of nitrogens with one attached hydrogen (secondary N) is 1. The van der Waals surface area contributed by atoms with Crippen molar-refractivity contribution in [2.75, 3.05) is 27.2 Å². The second-order valence-corrected chi connectivity index (χ2v) is 5.13. The van der Waals surface area contributed by atoms with Crippen LogP contribution in [0.15, 0.2) is 11.4 Å². The smallest absolute Gasteiger partial charge is 0.267 e. The normalized spacial score (nSPS) is 15.9. The zero-order valence-corrected chi connectivity index (χ0v) is 12.3. The monoisotopic (exact) mass is 290 g/mol. The molecule has 0 saturated carbocycles. The average molecular weight is 291 g/mol. The van der Waals surface area contributed by atoms with Gasteiger partial charge in [-0.25, -0.2) is 0 Å². The molecule has 1 aromatic rings. The molecule has 0 atom stereocenters. The summed E-state index contributed by atoms with van der Waals surface area (Å²) >= 11 is 1.44. The number of methoxy groups -OCH3 is 1. The molecule has 0 radical (unpaired) electrons. The second kappa shape index (κ2) is 6.97. The molecule has 2 heterocycles. The Bertz CT molecular complexity index is 391. The number of ether oxygens (including phenoxy) is 1. The molecule has 1 fully saturated rings. The van der Waals surface area contributed by atoms with Crippen LogP contribution in [0.1, 0.15) is 22.5 Å². The van der Waals surface area contributed by atoms with Gasteiger partial charge in [-0.05, 0) is 37.4 Å². The third-order valence-corrected chi connectivity index (χ3v) is 4.10. The summed E-state index contributed by atoms with van der Waals surface area (Å²) in [6.07, 6.45) is 2.05. The summed E-state index contributed by atoms with van der Waals surface area (Å²) in [7, 11) is 3.49. The minimum absolute atomic E-state index is 0. The Kier molecular flexibility index (Phi) is 5.91. The highest BCUT2D eigenvalue weighted by Crippen LogP contribution is 2.27. The molecule has 18 heavy (non-hydrogen) atoms. The zero-order chi connectivity index (χ0) is 12.3. The lowest BCUT2D eigenvalue weighted by Crippen LogP contribution is -2.43. The summed E-state index contributed by atoms with van der Waals surface area (Å²) in [6.45, 7) is 1.98. The number of amides is 1. The average Bonchev–Trinajstić information content (AvgIpc) is 2.86. The third kappa shape index (κ3) is 3.16. The van der Waals surface area contributed by atoms with Gasteiger partial charge in [0, 0.05) is 13.1 Å². The molecule has 1 saturated heterocycles. The van der Waals surface area contributed by atoms with Crippen LogP contribution in [0.2, 0.25) is 0 Å². The number of carbonyl (C=O) groups is 1. The molecule has 1 aliphatic rings. The predicted octanol–water partition coefficient (Wildman–Crippen LogP) is 2.00. The van der Waals surface area contributed by atoms with Crippen molar-refractivity contribution in [3.63, 3.8) is 0 Å². The SMILES string of the molecule is COc1ccsc1C(=O)N(C)C1CCNCC1.Cl. The first-order valence-corrected chi connectivity index (χ1v) is 6.71. The van der Waals surface area contributed by atoms with Crippen LogP contribution < -0.4 is 10.1 Å². The lowest BCUT2D eigenvalue weighted by atomic mass is 10.1. The largest absolute Gasteiger partial charge is 0.495 e. The van der Waals surface area contributed by atoms with Crippen LogP contribution in [-0.4, -0.2) is 44.1 Å². The van der Waals surface area contributed by atoms with Crippen molar-refractivity contribution in [2.45, 2.75) is 18.9 Å². The Morgan fingerprint density at radius 1 is 1.50 bits per heavy atom. The summed E-state index contributed by atoms with van der Waals surface area (Å²) in [5.74, 6) is 0.754. The number of hydrogen-bond acceptors (Lipinski definition) is 4. The van der Waals surface area contributed by atoms with Gasteiger partial charge in [0.05, 0.1) is 7.11 Å². The first kappa shape index (κ1) is 15.3. The molecule has 2 rings (SSSR count). The van der Waals surface area contributed by atoms with E-state index < -0.39 is 0 Å². The van der Waals surface area contributed by atoms with Crippen molar-refractivity contribution in [1.29, 1.82) is 0 Å². The summed E-state index contributed by atoms with van der Waals surface area (Å²) in [5, 5.41) is 5.20. The minimum atomic E-state index is 0. The maximum absolute atomic E-state index is 12.3. The fourth-order valence-corrected chi connectivity index (χ4v) is 2.97. The molecule has 6 heteroatoms. The van der Waals surface area contributed by atoms with Crippen LogP contribution in [0.3, 0.4) is 0 Å². The van der Waals surface area contributed by atoms with Gasteiger partial charge in [0.15, 0.2) is 0 Å². The molecule has 0 bridgehead atoms. The van der Waals surface area contributed by atoms with Crippen LogP contribution in [0.25, 0.3) is 0 Å². The first-order valence-electron chi connectivity index (χ1n) is 5.83. The number of nitrogens with zero attached hydrogens (tertiary/aromatic N) is 1. The zero-order valence-electron chi connectivity index (χ0n) is 10.6. The van der Waals surface area contributed by atoms with E-state index in [1.165, 1.54) is 11.3 Å². The lowest BCUT2D eigenvalue weighted by molar-refractivity contribution is 0.0705. The van der Waals surface area contributed by atoms with Gasteiger partial charge in [0.2, 0.25) is 0 Å². The number of hydrogen-bond donors (Lipinski definition) is 1. The lowest BCUT2D eigenvalue weighted by Gasteiger charge is -2.31. The van der Waals surface area contributed by atoms with Gasteiger partial charge >= 0.3 is 0 Å². The van der Waals surface area contributed by atoms with E-state index in [1.54, 1.807) is 7.11 Å².